The number of amides is 4. The van der Waals surface area contributed by atoms with Crippen molar-refractivity contribution >= 4 is 24.3 Å². The van der Waals surface area contributed by atoms with E-state index in [0.717, 1.165) is 38.5 Å². The Bertz CT molecular complexity index is 796. The number of nitrogens with zero attached hydrogens (tertiary/aromatic N) is 3. The van der Waals surface area contributed by atoms with Gasteiger partial charge in [0.15, 0.2) is 0 Å². The third kappa shape index (κ3) is 8.84. The zero-order valence-electron chi connectivity index (χ0n) is 22.5. The van der Waals surface area contributed by atoms with Gasteiger partial charge >= 0.3 is 6.09 Å². The highest BCUT2D eigenvalue weighted by Crippen LogP contribution is 2.32. The second-order valence-electron chi connectivity index (χ2n) is 11.6. The lowest BCUT2D eigenvalue weighted by Gasteiger charge is -2.30. The number of ether oxygens (including phenoxy) is 2. The van der Waals surface area contributed by atoms with Crippen LogP contribution in [0.4, 0.5) is 4.79 Å². The normalized spacial score (nSPS) is 23.2. The van der Waals surface area contributed by atoms with Crippen LogP contribution in [0.2, 0.25) is 0 Å². The first-order valence-corrected chi connectivity index (χ1v) is 13.6. The standard InChI is InChI=1S/C26H44N4O7/c1-26(2,3)37-25(34)28-12-10-20(14-28)16-36-17-27-23(32)22-9-6-11-30(22)24(33)21(15-29(35)18-31)13-19-7-4-5-8-19/h18-22,35H,4-17H2,1-3H3,(H,27,32)/t20?,21-,22+/m1/s1. The first-order valence-electron chi connectivity index (χ1n) is 13.6. The summed E-state index contributed by atoms with van der Waals surface area (Å²) < 4.78 is 11.1. The van der Waals surface area contributed by atoms with Gasteiger partial charge in [-0.2, -0.15) is 0 Å². The first kappa shape index (κ1) is 29.2. The smallest absolute Gasteiger partial charge is 0.410 e. The minimum absolute atomic E-state index is 0.0291. The molecule has 2 N–H and O–H groups in total. The zero-order chi connectivity index (χ0) is 27.0. The van der Waals surface area contributed by atoms with Gasteiger partial charge in [0, 0.05) is 25.6 Å². The van der Waals surface area contributed by atoms with Crippen LogP contribution in [0.5, 0.6) is 0 Å². The Balaban J connectivity index is 1.44. The molecule has 3 fully saturated rings. The maximum absolute atomic E-state index is 13.4. The van der Waals surface area contributed by atoms with Crippen LogP contribution >= 0.6 is 0 Å². The summed E-state index contributed by atoms with van der Waals surface area (Å²) in [5.41, 5.74) is -0.534. The summed E-state index contributed by atoms with van der Waals surface area (Å²) in [7, 11) is 0. The lowest BCUT2D eigenvalue weighted by molar-refractivity contribution is -0.158. The number of hydrogen-bond acceptors (Lipinski definition) is 7. The molecule has 3 atom stereocenters. The van der Waals surface area contributed by atoms with E-state index in [1.165, 1.54) is 0 Å². The van der Waals surface area contributed by atoms with Crippen LogP contribution < -0.4 is 5.32 Å². The van der Waals surface area contributed by atoms with Crippen molar-refractivity contribution in [1.82, 2.24) is 20.2 Å². The summed E-state index contributed by atoms with van der Waals surface area (Å²) in [6.45, 7) is 7.55. The highest BCUT2D eigenvalue weighted by atomic mass is 16.6. The van der Waals surface area contributed by atoms with Crippen molar-refractivity contribution in [3.63, 3.8) is 0 Å². The Morgan fingerprint density at radius 2 is 1.81 bits per heavy atom. The number of hydrogen-bond donors (Lipinski definition) is 2. The molecule has 1 unspecified atom stereocenters. The Labute approximate surface area is 219 Å². The summed E-state index contributed by atoms with van der Waals surface area (Å²) in [6, 6.07) is -0.584. The summed E-state index contributed by atoms with van der Waals surface area (Å²) >= 11 is 0. The molecule has 2 heterocycles. The predicted octanol–water partition coefficient (Wildman–Crippen LogP) is 2.37. The predicted molar refractivity (Wildman–Crippen MR) is 134 cm³/mol. The van der Waals surface area contributed by atoms with Crippen LogP contribution in [0.1, 0.15) is 72.1 Å². The highest BCUT2D eigenvalue weighted by Gasteiger charge is 2.38. The molecular weight excluding hydrogens is 480 g/mol. The lowest BCUT2D eigenvalue weighted by atomic mass is 9.91. The largest absolute Gasteiger partial charge is 0.444 e. The van der Waals surface area contributed by atoms with Crippen LogP contribution in [-0.2, 0) is 23.9 Å². The molecule has 11 heteroatoms. The summed E-state index contributed by atoms with van der Waals surface area (Å²) in [4.78, 5) is 52.8. The monoisotopic (exact) mass is 524 g/mol. The second-order valence-corrected chi connectivity index (χ2v) is 11.6. The van der Waals surface area contributed by atoms with E-state index in [2.05, 4.69) is 5.32 Å². The molecule has 2 saturated heterocycles. The average molecular weight is 525 g/mol. The molecule has 0 aromatic rings. The van der Waals surface area contributed by atoms with Crippen molar-refractivity contribution in [2.45, 2.75) is 83.8 Å². The van der Waals surface area contributed by atoms with E-state index in [4.69, 9.17) is 9.47 Å². The number of likely N-dealkylation sites (tertiary alicyclic amines) is 2. The Hall–Kier alpha value is -2.40. The van der Waals surface area contributed by atoms with Crippen LogP contribution in [0.3, 0.4) is 0 Å². The summed E-state index contributed by atoms with van der Waals surface area (Å²) in [5, 5.41) is 13.1. The molecule has 3 aliphatic rings. The van der Waals surface area contributed by atoms with E-state index in [1.807, 2.05) is 20.8 Å². The van der Waals surface area contributed by atoms with E-state index in [0.29, 0.717) is 56.5 Å². The number of carbonyl (C=O) groups excluding carboxylic acids is 4. The summed E-state index contributed by atoms with van der Waals surface area (Å²) in [5.74, 6) is -0.398. The van der Waals surface area contributed by atoms with Gasteiger partial charge in [-0.15, -0.1) is 0 Å². The first-order chi connectivity index (χ1) is 17.6. The maximum atomic E-state index is 13.4. The Morgan fingerprint density at radius 3 is 2.49 bits per heavy atom. The van der Waals surface area contributed by atoms with Gasteiger partial charge in [-0.3, -0.25) is 19.6 Å². The van der Waals surface area contributed by atoms with Gasteiger partial charge in [0.25, 0.3) is 0 Å². The number of nitrogens with one attached hydrogen (secondary N) is 1. The lowest BCUT2D eigenvalue weighted by Crippen LogP contribution is -2.50. The van der Waals surface area contributed by atoms with Gasteiger partial charge in [-0.1, -0.05) is 25.7 Å². The van der Waals surface area contributed by atoms with Crippen LogP contribution in [0.25, 0.3) is 0 Å². The van der Waals surface area contributed by atoms with Gasteiger partial charge < -0.3 is 24.6 Å². The molecule has 4 amide bonds. The molecule has 3 rings (SSSR count). The molecule has 1 aliphatic carbocycles. The number of rotatable bonds is 11. The third-order valence-electron chi connectivity index (χ3n) is 7.45. The molecule has 2 aliphatic heterocycles. The maximum Gasteiger partial charge on any atom is 0.410 e. The fourth-order valence-corrected chi connectivity index (χ4v) is 5.63. The van der Waals surface area contributed by atoms with E-state index in [1.54, 1.807) is 9.80 Å². The second kappa shape index (κ2) is 13.4. The fraction of sp³-hybridized carbons (Fsp3) is 0.846. The molecule has 11 nitrogen and oxygen atoms in total. The van der Waals surface area contributed by atoms with Crippen molar-refractivity contribution in [2.24, 2.45) is 17.8 Å². The van der Waals surface area contributed by atoms with Gasteiger partial charge in [0.05, 0.1) is 19.1 Å². The SMILES string of the molecule is CC(C)(C)OC(=O)N1CCC(COCNC(=O)[C@@H]2CCCN2C(=O)[C@H](CC2CCCC2)CN(O)C=O)C1. The van der Waals surface area contributed by atoms with E-state index in [-0.39, 0.29) is 37.1 Å². The van der Waals surface area contributed by atoms with Crippen molar-refractivity contribution in [3.8, 4) is 0 Å². The molecule has 37 heavy (non-hydrogen) atoms. The van der Waals surface area contributed by atoms with Gasteiger partial charge in [0.1, 0.15) is 18.4 Å². The topological polar surface area (TPSA) is 129 Å². The van der Waals surface area contributed by atoms with Crippen molar-refractivity contribution in [3.05, 3.63) is 0 Å². The van der Waals surface area contributed by atoms with Crippen molar-refractivity contribution in [2.75, 3.05) is 39.5 Å². The van der Waals surface area contributed by atoms with E-state index in [9.17, 15) is 24.4 Å². The molecule has 0 aromatic carbocycles. The Morgan fingerprint density at radius 1 is 1.08 bits per heavy atom. The van der Waals surface area contributed by atoms with E-state index < -0.39 is 17.6 Å². The van der Waals surface area contributed by atoms with E-state index >= 15 is 0 Å². The van der Waals surface area contributed by atoms with Crippen LogP contribution in [0.15, 0.2) is 0 Å². The molecule has 0 spiro atoms. The Kier molecular flexibility index (Phi) is 10.6. The highest BCUT2D eigenvalue weighted by molar-refractivity contribution is 5.89. The van der Waals surface area contributed by atoms with Crippen molar-refractivity contribution in [1.29, 1.82) is 0 Å². The van der Waals surface area contributed by atoms with Gasteiger partial charge in [0.2, 0.25) is 18.2 Å². The van der Waals surface area contributed by atoms with Crippen LogP contribution in [-0.4, -0.2) is 95.5 Å². The molecule has 0 aromatic heterocycles. The minimum Gasteiger partial charge on any atom is -0.444 e. The van der Waals surface area contributed by atoms with Gasteiger partial charge in [-0.25, -0.2) is 9.86 Å². The number of carbonyl (C=O) groups is 4. The quantitative estimate of drug-likeness (QED) is 0.140. The summed E-state index contributed by atoms with van der Waals surface area (Å²) in [6.07, 6.45) is 7.07. The van der Waals surface area contributed by atoms with Crippen LogP contribution in [0, 0.1) is 17.8 Å². The number of hydroxylamine groups is 2. The molecule has 210 valence electrons. The fourth-order valence-electron chi connectivity index (χ4n) is 5.63. The molecular formula is C26H44N4O7. The minimum atomic E-state index is -0.584. The molecule has 0 radical (unpaired) electrons. The zero-order valence-corrected chi connectivity index (χ0v) is 22.5. The van der Waals surface area contributed by atoms with Gasteiger partial charge in [-0.05, 0) is 52.4 Å². The third-order valence-corrected chi connectivity index (χ3v) is 7.45. The molecule has 1 saturated carbocycles. The van der Waals surface area contributed by atoms with Crippen molar-refractivity contribution < 1.29 is 33.9 Å². The molecule has 0 bridgehead atoms. The average Bonchev–Trinajstić information content (AvgIpc) is 3.61.